The van der Waals surface area contributed by atoms with Crippen LogP contribution < -0.4 is 0 Å². The monoisotopic (exact) mass is 279 g/mol. The first-order valence-corrected chi connectivity index (χ1v) is 7.23. The maximum atomic E-state index is 8.71. The van der Waals surface area contributed by atoms with Crippen molar-refractivity contribution >= 4 is 23.1 Å². The molecule has 0 atom stereocenters. The molecule has 0 spiro atoms. The predicted octanol–water partition coefficient (Wildman–Crippen LogP) is 1.82. The molecule has 0 aliphatic heterocycles. The van der Waals surface area contributed by atoms with Crippen LogP contribution in [-0.2, 0) is 12.8 Å². The zero-order valence-electron chi connectivity index (χ0n) is 10.2. The van der Waals surface area contributed by atoms with Gasteiger partial charge in [-0.25, -0.2) is 0 Å². The van der Waals surface area contributed by atoms with Crippen LogP contribution in [0, 0.1) is 18.8 Å². The van der Waals surface area contributed by atoms with Crippen molar-refractivity contribution in [2.75, 3.05) is 6.61 Å². The third-order valence-electron chi connectivity index (χ3n) is 2.43. The molecule has 2 rings (SSSR count). The third-order valence-corrected chi connectivity index (χ3v) is 4.58. The second kappa shape index (κ2) is 6.05. The first-order chi connectivity index (χ1) is 8.72. The molecule has 0 aromatic carbocycles. The molecule has 2 heterocycles. The number of aromatic nitrogens is 3. The van der Waals surface area contributed by atoms with Gasteiger partial charge in [0.2, 0.25) is 0 Å². The highest BCUT2D eigenvalue weighted by Crippen LogP contribution is 2.26. The van der Waals surface area contributed by atoms with Gasteiger partial charge in [0.25, 0.3) is 0 Å². The third kappa shape index (κ3) is 2.93. The molecule has 18 heavy (non-hydrogen) atoms. The van der Waals surface area contributed by atoms with Gasteiger partial charge in [-0.1, -0.05) is 23.6 Å². The van der Waals surface area contributed by atoms with E-state index in [2.05, 4.69) is 22.0 Å². The van der Waals surface area contributed by atoms with E-state index in [0.717, 1.165) is 22.3 Å². The van der Waals surface area contributed by atoms with E-state index < -0.39 is 0 Å². The van der Waals surface area contributed by atoms with Crippen LogP contribution in [0.25, 0.3) is 0 Å². The minimum atomic E-state index is -0.106. The van der Waals surface area contributed by atoms with E-state index in [0.29, 0.717) is 0 Å². The molecule has 2 aromatic heterocycles. The summed E-state index contributed by atoms with van der Waals surface area (Å²) in [6.07, 6.45) is 0. The summed E-state index contributed by atoms with van der Waals surface area (Å²) in [6, 6.07) is 1.98. The number of thiophene rings is 1. The number of nitrogens with zero attached hydrogens (tertiary/aromatic N) is 3. The molecule has 0 unspecified atom stereocenters. The molecular formula is C12H13N3OS2. The molecule has 0 radical (unpaired) electrons. The highest BCUT2D eigenvalue weighted by molar-refractivity contribution is 7.98. The fourth-order valence-electron chi connectivity index (χ4n) is 1.34. The lowest BCUT2D eigenvalue weighted by Gasteiger charge is -2.00. The van der Waals surface area contributed by atoms with Crippen LogP contribution in [0.2, 0.25) is 0 Å². The van der Waals surface area contributed by atoms with Gasteiger partial charge in [-0.15, -0.1) is 21.5 Å². The van der Waals surface area contributed by atoms with Crippen LogP contribution in [0.5, 0.6) is 0 Å². The van der Waals surface area contributed by atoms with Crippen LogP contribution in [0.3, 0.4) is 0 Å². The standard InChI is InChI=1S/C12H13N3OS2/c1-9-13-14-12(15(9)2)18-8-11-10(4-3-6-16)5-7-17-11/h5,7,16H,6,8H2,1-2H3. The normalized spacial score (nSPS) is 10.2. The number of aliphatic hydroxyl groups is 1. The molecule has 0 aliphatic rings. The van der Waals surface area contributed by atoms with Gasteiger partial charge in [0.05, 0.1) is 0 Å². The van der Waals surface area contributed by atoms with Crippen molar-refractivity contribution in [1.29, 1.82) is 0 Å². The lowest BCUT2D eigenvalue weighted by Crippen LogP contribution is -1.93. The average molecular weight is 279 g/mol. The molecule has 0 amide bonds. The smallest absolute Gasteiger partial charge is 0.191 e. The number of hydrogen-bond donors (Lipinski definition) is 1. The predicted molar refractivity (Wildman–Crippen MR) is 73.6 cm³/mol. The van der Waals surface area contributed by atoms with E-state index in [1.165, 1.54) is 4.88 Å². The lowest BCUT2D eigenvalue weighted by molar-refractivity contribution is 0.350. The quantitative estimate of drug-likeness (QED) is 0.688. The first-order valence-electron chi connectivity index (χ1n) is 5.37. The summed E-state index contributed by atoms with van der Waals surface area (Å²) >= 11 is 3.31. The van der Waals surface area contributed by atoms with Crippen molar-refractivity contribution in [3.8, 4) is 11.8 Å². The van der Waals surface area contributed by atoms with Gasteiger partial charge in [-0.2, -0.15) is 0 Å². The van der Waals surface area contributed by atoms with Crippen LogP contribution in [0.1, 0.15) is 16.3 Å². The fourth-order valence-corrected chi connectivity index (χ4v) is 3.25. The van der Waals surface area contributed by atoms with Gasteiger partial charge in [0, 0.05) is 23.2 Å². The number of rotatable bonds is 3. The minimum absolute atomic E-state index is 0.106. The molecular weight excluding hydrogens is 266 g/mol. The Balaban J connectivity index is 2.07. The zero-order valence-corrected chi connectivity index (χ0v) is 11.8. The maximum Gasteiger partial charge on any atom is 0.191 e. The molecule has 0 aliphatic carbocycles. The second-order valence-electron chi connectivity index (χ2n) is 3.59. The molecule has 1 N–H and O–H groups in total. The molecule has 2 aromatic rings. The van der Waals surface area contributed by atoms with E-state index in [4.69, 9.17) is 5.11 Å². The van der Waals surface area contributed by atoms with Crippen molar-refractivity contribution < 1.29 is 5.11 Å². The van der Waals surface area contributed by atoms with Gasteiger partial charge in [0.15, 0.2) is 5.16 Å². The highest BCUT2D eigenvalue weighted by Gasteiger charge is 2.08. The number of aliphatic hydroxyl groups excluding tert-OH is 1. The Labute approximate surface area is 114 Å². The average Bonchev–Trinajstić information content (AvgIpc) is 2.94. The SMILES string of the molecule is Cc1nnc(SCc2sccc2C#CCO)n1C. The minimum Gasteiger partial charge on any atom is -0.384 e. The summed E-state index contributed by atoms with van der Waals surface area (Å²) < 4.78 is 1.97. The van der Waals surface area contributed by atoms with Crippen molar-refractivity contribution in [1.82, 2.24) is 14.8 Å². The fraction of sp³-hybridized carbons (Fsp3) is 0.333. The van der Waals surface area contributed by atoms with E-state index in [-0.39, 0.29) is 6.61 Å². The number of thioether (sulfide) groups is 1. The Morgan fingerprint density at radius 3 is 3.00 bits per heavy atom. The summed E-state index contributed by atoms with van der Waals surface area (Å²) in [6.45, 7) is 1.82. The van der Waals surface area contributed by atoms with Crippen LogP contribution >= 0.6 is 23.1 Å². The Morgan fingerprint density at radius 2 is 2.33 bits per heavy atom. The van der Waals surface area contributed by atoms with Crippen molar-refractivity contribution in [3.63, 3.8) is 0 Å². The molecule has 94 valence electrons. The Hall–Kier alpha value is -1.29. The molecule has 0 fully saturated rings. The van der Waals surface area contributed by atoms with Crippen molar-refractivity contribution in [2.24, 2.45) is 7.05 Å². The molecule has 0 saturated heterocycles. The Bertz CT molecular complexity index is 592. The Kier molecular flexibility index (Phi) is 4.42. The van der Waals surface area contributed by atoms with E-state index >= 15 is 0 Å². The maximum absolute atomic E-state index is 8.71. The van der Waals surface area contributed by atoms with Gasteiger partial charge in [-0.05, 0) is 18.4 Å². The molecule has 4 nitrogen and oxygen atoms in total. The van der Waals surface area contributed by atoms with Crippen LogP contribution in [0.4, 0.5) is 0 Å². The van der Waals surface area contributed by atoms with Crippen LogP contribution in [0.15, 0.2) is 16.6 Å². The summed E-state index contributed by atoms with van der Waals surface area (Å²) in [7, 11) is 1.96. The van der Waals surface area contributed by atoms with Crippen molar-refractivity contribution in [3.05, 3.63) is 27.7 Å². The largest absolute Gasteiger partial charge is 0.384 e. The summed E-state index contributed by atoms with van der Waals surface area (Å²) in [4.78, 5) is 1.20. The lowest BCUT2D eigenvalue weighted by atomic mass is 10.3. The van der Waals surface area contributed by atoms with E-state index in [1.807, 2.05) is 30.0 Å². The topological polar surface area (TPSA) is 50.9 Å². The molecule has 6 heteroatoms. The van der Waals surface area contributed by atoms with E-state index in [1.54, 1.807) is 23.1 Å². The van der Waals surface area contributed by atoms with Gasteiger partial charge in [0.1, 0.15) is 12.4 Å². The zero-order chi connectivity index (χ0) is 13.0. The summed E-state index contributed by atoms with van der Waals surface area (Å²) in [5.74, 6) is 7.35. The van der Waals surface area contributed by atoms with Crippen molar-refractivity contribution in [2.45, 2.75) is 17.8 Å². The van der Waals surface area contributed by atoms with Gasteiger partial charge < -0.3 is 9.67 Å². The summed E-state index contributed by atoms with van der Waals surface area (Å²) in [5, 5.41) is 19.8. The Morgan fingerprint density at radius 1 is 1.50 bits per heavy atom. The number of hydrogen-bond acceptors (Lipinski definition) is 5. The molecule has 0 bridgehead atoms. The highest BCUT2D eigenvalue weighted by atomic mass is 32.2. The van der Waals surface area contributed by atoms with Gasteiger partial charge >= 0.3 is 0 Å². The number of aryl methyl sites for hydroxylation is 1. The first kappa shape index (κ1) is 13.1. The second-order valence-corrected chi connectivity index (χ2v) is 5.54. The molecule has 0 saturated carbocycles. The summed E-state index contributed by atoms with van der Waals surface area (Å²) in [5.41, 5.74) is 0.987. The van der Waals surface area contributed by atoms with E-state index in [9.17, 15) is 0 Å². The van der Waals surface area contributed by atoms with Crippen LogP contribution in [-0.4, -0.2) is 26.5 Å². The van der Waals surface area contributed by atoms with Gasteiger partial charge in [-0.3, -0.25) is 0 Å².